The van der Waals surface area contributed by atoms with Crippen LogP contribution in [-0.2, 0) is 21.1 Å². The molecular weight excluding hydrogens is 452 g/mol. The van der Waals surface area contributed by atoms with E-state index in [2.05, 4.69) is 28.7 Å². The van der Waals surface area contributed by atoms with Crippen molar-refractivity contribution in [2.75, 3.05) is 30.3 Å². The lowest BCUT2D eigenvalue weighted by Crippen LogP contribution is -2.42. The van der Waals surface area contributed by atoms with Crippen LogP contribution in [-0.4, -0.2) is 60.7 Å². The van der Waals surface area contributed by atoms with Gasteiger partial charge in [-0.15, -0.1) is 0 Å². The van der Waals surface area contributed by atoms with Crippen LogP contribution in [0.3, 0.4) is 0 Å². The monoisotopic (exact) mass is 486 g/mol. The van der Waals surface area contributed by atoms with Gasteiger partial charge in [0.2, 0.25) is 11.8 Å². The van der Waals surface area contributed by atoms with Crippen molar-refractivity contribution in [1.82, 2.24) is 14.9 Å². The molecule has 0 aliphatic carbocycles. The van der Waals surface area contributed by atoms with Crippen molar-refractivity contribution >= 4 is 27.2 Å². The Kier molecular flexibility index (Phi) is 7.40. The second-order valence-electron chi connectivity index (χ2n) is 9.52. The molecule has 184 valence electrons. The predicted molar refractivity (Wildman–Crippen MR) is 131 cm³/mol. The number of nitrogens with zero attached hydrogens (tertiary/aromatic N) is 4. The molecule has 9 heteroatoms. The van der Waals surface area contributed by atoms with Crippen molar-refractivity contribution in [3.63, 3.8) is 0 Å². The molecule has 0 unspecified atom stereocenters. The van der Waals surface area contributed by atoms with Crippen LogP contribution in [0, 0.1) is 5.92 Å². The fourth-order valence-electron chi connectivity index (χ4n) is 4.61. The maximum Gasteiger partial charge on any atom is 0.222 e. The summed E-state index contributed by atoms with van der Waals surface area (Å²) in [6, 6.07) is 7.20. The number of hydrogen-bond donors (Lipinski definition) is 0. The number of anilines is 2. The number of benzene rings is 1. The minimum Gasteiger partial charge on any atom is -0.474 e. The topological polar surface area (TPSA) is 92.7 Å². The Morgan fingerprint density at radius 3 is 2.62 bits per heavy atom. The molecule has 0 spiro atoms. The number of rotatable bonds is 8. The van der Waals surface area contributed by atoms with Crippen LogP contribution in [0.25, 0.3) is 0 Å². The van der Waals surface area contributed by atoms with Gasteiger partial charge in [-0.3, -0.25) is 4.79 Å². The van der Waals surface area contributed by atoms with E-state index in [0.29, 0.717) is 42.6 Å². The maximum atomic E-state index is 12.4. The van der Waals surface area contributed by atoms with Crippen LogP contribution in [0.5, 0.6) is 5.88 Å². The van der Waals surface area contributed by atoms with Gasteiger partial charge in [-0.05, 0) is 42.5 Å². The van der Waals surface area contributed by atoms with E-state index in [4.69, 9.17) is 4.74 Å². The summed E-state index contributed by atoms with van der Waals surface area (Å²) in [5.41, 5.74) is 1.98. The Balaban J connectivity index is 1.41. The van der Waals surface area contributed by atoms with Crippen LogP contribution in [0.2, 0.25) is 0 Å². The number of piperidine rings is 1. The third-order valence-electron chi connectivity index (χ3n) is 6.35. The first-order chi connectivity index (χ1) is 16.3. The molecule has 1 aromatic carbocycles. The molecule has 34 heavy (non-hydrogen) atoms. The third-order valence-corrected chi connectivity index (χ3v) is 8.27. The number of fused-ring (bicyclic) bond motifs is 1. The number of hydrogen-bond acceptors (Lipinski definition) is 7. The van der Waals surface area contributed by atoms with Crippen molar-refractivity contribution in [1.29, 1.82) is 0 Å². The van der Waals surface area contributed by atoms with Crippen molar-refractivity contribution in [3.8, 4) is 5.88 Å². The summed E-state index contributed by atoms with van der Waals surface area (Å²) in [6.45, 7) is 8.13. The SMILES string of the molecule is CCCS(=O)(=O)c1ccc2c(c1)CCN2c1cc(OC2CCN(C(=O)CC(C)C)CC2)ncn1. The number of carbonyl (C=O) groups is 1. The zero-order valence-electron chi connectivity index (χ0n) is 20.2. The summed E-state index contributed by atoms with van der Waals surface area (Å²) >= 11 is 0. The minimum atomic E-state index is -3.24. The van der Waals surface area contributed by atoms with Gasteiger partial charge in [-0.1, -0.05) is 20.8 Å². The second kappa shape index (κ2) is 10.3. The fourth-order valence-corrected chi connectivity index (χ4v) is 5.98. The van der Waals surface area contributed by atoms with Gasteiger partial charge in [-0.2, -0.15) is 0 Å². The Morgan fingerprint density at radius 1 is 1.15 bits per heavy atom. The third kappa shape index (κ3) is 5.51. The van der Waals surface area contributed by atoms with E-state index >= 15 is 0 Å². The number of ether oxygens (including phenoxy) is 1. The molecule has 4 rings (SSSR count). The van der Waals surface area contributed by atoms with Gasteiger partial charge >= 0.3 is 0 Å². The van der Waals surface area contributed by atoms with E-state index in [0.717, 1.165) is 42.9 Å². The molecule has 2 aliphatic heterocycles. The molecule has 0 bridgehead atoms. The molecular formula is C25H34N4O4S. The number of sulfone groups is 1. The molecule has 2 aromatic rings. The highest BCUT2D eigenvalue weighted by Gasteiger charge is 2.27. The molecule has 0 atom stereocenters. The van der Waals surface area contributed by atoms with Crippen molar-refractivity contribution < 1.29 is 17.9 Å². The smallest absolute Gasteiger partial charge is 0.222 e. The average Bonchev–Trinajstić information content (AvgIpc) is 3.23. The molecule has 1 fully saturated rings. The zero-order valence-corrected chi connectivity index (χ0v) is 21.1. The van der Waals surface area contributed by atoms with Gasteiger partial charge in [0.15, 0.2) is 9.84 Å². The maximum absolute atomic E-state index is 12.4. The summed E-state index contributed by atoms with van der Waals surface area (Å²) in [7, 11) is -3.24. The quantitative estimate of drug-likeness (QED) is 0.561. The van der Waals surface area contributed by atoms with Crippen LogP contribution < -0.4 is 9.64 Å². The summed E-state index contributed by atoms with van der Waals surface area (Å²) in [5.74, 6) is 2.00. The second-order valence-corrected chi connectivity index (χ2v) is 11.6. The Morgan fingerprint density at radius 2 is 1.91 bits per heavy atom. The molecule has 0 N–H and O–H groups in total. The van der Waals surface area contributed by atoms with E-state index in [1.165, 1.54) is 6.33 Å². The standard InChI is InChI=1S/C25H34N4O4S/c1-4-13-34(31,32)21-5-6-22-19(15-21)7-12-29(22)23-16-24(27-17-26-23)33-20-8-10-28(11-9-20)25(30)14-18(2)3/h5-6,15-18,20H,4,7-14H2,1-3H3. The fraction of sp³-hybridized carbons (Fsp3) is 0.560. The number of aromatic nitrogens is 2. The van der Waals surface area contributed by atoms with E-state index in [-0.39, 0.29) is 17.8 Å². The Hall–Kier alpha value is -2.68. The molecule has 0 saturated carbocycles. The molecule has 8 nitrogen and oxygen atoms in total. The zero-order chi connectivity index (χ0) is 24.3. The lowest BCUT2D eigenvalue weighted by molar-refractivity contribution is -0.133. The molecule has 1 amide bonds. The average molecular weight is 487 g/mol. The van der Waals surface area contributed by atoms with Gasteiger partial charge in [0, 0.05) is 50.7 Å². The van der Waals surface area contributed by atoms with Gasteiger partial charge < -0.3 is 14.5 Å². The van der Waals surface area contributed by atoms with Crippen molar-refractivity contribution in [3.05, 3.63) is 36.2 Å². The first-order valence-corrected chi connectivity index (χ1v) is 13.8. The van der Waals surface area contributed by atoms with Crippen LogP contribution in [0.4, 0.5) is 11.5 Å². The molecule has 2 aliphatic rings. The van der Waals surface area contributed by atoms with Crippen LogP contribution in [0.1, 0.15) is 52.0 Å². The molecule has 1 saturated heterocycles. The Bertz CT molecular complexity index is 1130. The minimum absolute atomic E-state index is 0.0167. The van der Waals surface area contributed by atoms with Gasteiger partial charge in [0.1, 0.15) is 18.2 Å². The molecule has 3 heterocycles. The van der Waals surface area contributed by atoms with Crippen LogP contribution >= 0.6 is 0 Å². The predicted octanol–water partition coefficient (Wildman–Crippen LogP) is 3.77. The normalized spacial score (nSPS) is 16.7. The van der Waals surface area contributed by atoms with Gasteiger partial charge in [-0.25, -0.2) is 18.4 Å². The summed E-state index contributed by atoms with van der Waals surface area (Å²) in [5, 5.41) is 0. The number of likely N-dealkylation sites (tertiary alicyclic amines) is 1. The lowest BCUT2D eigenvalue weighted by atomic mass is 10.1. The van der Waals surface area contributed by atoms with E-state index in [9.17, 15) is 13.2 Å². The van der Waals surface area contributed by atoms with E-state index in [1.54, 1.807) is 12.1 Å². The highest BCUT2D eigenvalue weighted by atomic mass is 32.2. The Labute approximate surface area is 202 Å². The van der Waals surface area contributed by atoms with Crippen molar-refractivity contribution in [2.45, 2.75) is 63.9 Å². The number of carbonyl (C=O) groups excluding carboxylic acids is 1. The van der Waals surface area contributed by atoms with Gasteiger partial charge in [0.25, 0.3) is 0 Å². The lowest BCUT2D eigenvalue weighted by Gasteiger charge is -2.32. The van der Waals surface area contributed by atoms with E-state index in [1.807, 2.05) is 24.0 Å². The number of amides is 1. The summed E-state index contributed by atoms with van der Waals surface area (Å²) < 4.78 is 31.0. The molecule has 0 radical (unpaired) electrons. The van der Waals surface area contributed by atoms with Gasteiger partial charge in [0.05, 0.1) is 10.6 Å². The first-order valence-electron chi connectivity index (χ1n) is 12.2. The summed E-state index contributed by atoms with van der Waals surface area (Å²) in [6.07, 6.45) is 5.03. The highest BCUT2D eigenvalue weighted by Crippen LogP contribution is 2.36. The van der Waals surface area contributed by atoms with Crippen molar-refractivity contribution in [2.24, 2.45) is 5.92 Å². The van der Waals surface area contributed by atoms with E-state index < -0.39 is 9.84 Å². The largest absolute Gasteiger partial charge is 0.474 e. The first kappa shape index (κ1) is 24.4. The summed E-state index contributed by atoms with van der Waals surface area (Å²) in [4.78, 5) is 25.4. The molecule has 1 aromatic heterocycles. The van der Waals surface area contributed by atoms with Crippen LogP contribution in [0.15, 0.2) is 35.5 Å². The highest BCUT2D eigenvalue weighted by molar-refractivity contribution is 7.91.